The number of aromatic hydroxyl groups is 1. The molecule has 5 heteroatoms. The van der Waals surface area contributed by atoms with Gasteiger partial charge in [-0.15, -0.1) is 11.3 Å². The highest BCUT2D eigenvalue weighted by Crippen LogP contribution is 2.24. The summed E-state index contributed by atoms with van der Waals surface area (Å²) in [6.45, 7) is 2.01. The zero-order valence-corrected chi connectivity index (χ0v) is 10.1. The number of phenolic OH excluding ortho intramolecular Hbond substituents is 1. The van der Waals surface area contributed by atoms with Crippen molar-refractivity contribution in [3.63, 3.8) is 0 Å². The molecule has 0 aliphatic rings. The van der Waals surface area contributed by atoms with Crippen molar-refractivity contribution in [2.75, 3.05) is 5.32 Å². The number of amides is 1. The molecule has 1 aromatic carbocycles. The summed E-state index contributed by atoms with van der Waals surface area (Å²) in [5.74, 6) is -0.249. The predicted octanol–water partition coefficient (Wildman–Crippen LogP) is 2.66. The largest absolute Gasteiger partial charge is 0.506 e. The number of nitrogens with one attached hydrogen (secondary N) is 1. The standard InChI is InChI=1S/C12H12N2O2S/c1-2-8-3-4-11(15)9(5-8)14-12(16)10-6-17-7-13-10/h3-7,15H,2H2,1H3,(H,14,16). The molecule has 17 heavy (non-hydrogen) atoms. The van der Waals surface area contributed by atoms with Gasteiger partial charge in [0.05, 0.1) is 11.2 Å². The first kappa shape index (κ1) is 11.6. The summed E-state index contributed by atoms with van der Waals surface area (Å²) in [7, 11) is 0. The second kappa shape index (κ2) is 4.97. The average Bonchev–Trinajstić information content (AvgIpc) is 2.85. The number of aromatic nitrogens is 1. The molecule has 4 nitrogen and oxygen atoms in total. The van der Waals surface area contributed by atoms with E-state index in [0.29, 0.717) is 11.4 Å². The number of hydrogen-bond donors (Lipinski definition) is 2. The van der Waals surface area contributed by atoms with Crippen LogP contribution in [0.3, 0.4) is 0 Å². The summed E-state index contributed by atoms with van der Waals surface area (Å²) in [5.41, 5.74) is 3.42. The van der Waals surface area contributed by atoms with Gasteiger partial charge in [0, 0.05) is 5.38 Å². The molecule has 0 atom stereocenters. The van der Waals surface area contributed by atoms with E-state index >= 15 is 0 Å². The number of nitrogens with zero attached hydrogens (tertiary/aromatic N) is 1. The molecule has 2 aromatic rings. The fourth-order valence-electron chi connectivity index (χ4n) is 1.41. The Hall–Kier alpha value is -1.88. The van der Waals surface area contributed by atoms with Crippen LogP contribution in [0.1, 0.15) is 23.0 Å². The molecule has 2 N–H and O–H groups in total. The summed E-state index contributed by atoms with van der Waals surface area (Å²) < 4.78 is 0. The van der Waals surface area contributed by atoms with E-state index in [4.69, 9.17) is 0 Å². The van der Waals surface area contributed by atoms with Crippen LogP contribution in [0.5, 0.6) is 5.75 Å². The molecule has 0 radical (unpaired) electrons. The van der Waals surface area contributed by atoms with Gasteiger partial charge in [0.15, 0.2) is 0 Å². The van der Waals surface area contributed by atoms with Crippen molar-refractivity contribution in [2.24, 2.45) is 0 Å². The molecule has 0 bridgehead atoms. The number of carbonyl (C=O) groups is 1. The zero-order valence-electron chi connectivity index (χ0n) is 9.30. The molecule has 1 heterocycles. The van der Waals surface area contributed by atoms with E-state index in [2.05, 4.69) is 10.3 Å². The average molecular weight is 248 g/mol. The Kier molecular flexibility index (Phi) is 3.39. The fourth-order valence-corrected chi connectivity index (χ4v) is 1.95. The van der Waals surface area contributed by atoms with Crippen LogP contribution >= 0.6 is 11.3 Å². The predicted molar refractivity (Wildman–Crippen MR) is 67.6 cm³/mol. The molecule has 0 saturated heterocycles. The Morgan fingerprint density at radius 2 is 2.35 bits per heavy atom. The number of hydrogen-bond acceptors (Lipinski definition) is 4. The van der Waals surface area contributed by atoms with E-state index in [1.807, 2.05) is 13.0 Å². The first-order valence-corrected chi connectivity index (χ1v) is 6.16. The number of rotatable bonds is 3. The first-order valence-electron chi connectivity index (χ1n) is 5.22. The number of aryl methyl sites for hydroxylation is 1. The van der Waals surface area contributed by atoms with Crippen LogP contribution in [0.2, 0.25) is 0 Å². The van der Waals surface area contributed by atoms with Gasteiger partial charge in [0.2, 0.25) is 0 Å². The molecule has 0 aliphatic heterocycles. The Morgan fingerprint density at radius 1 is 1.53 bits per heavy atom. The van der Waals surface area contributed by atoms with Gasteiger partial charge < -0.3 is 10.4 Å². The van der Waals surface area contributed by atoms with Crippen molar-refractivity contribution in [1.82, 2.24) is 4.98 Å². The molecule has 0 fully saturated rings. The number of anilines is 1. The van der Waals surface area contributed by atoms with Crippen LogP contribution < -0.4 is 5.32 Å². The van der Waals surface area contributed by atoms with Gasteiger partial charge in [-0.2, -0.15) is 0 Å². The fraction of sp³-hybridized carbons (Fsp3) is 0.167. The van der Waals surface area contributed by atoms with E-state index in [1.54, 1.807) is 23.0 Å². The zero-order chi connectivity index (χ0) is 12.3. The SMILES string of the molecule is CCc1ccc(O)c(NC(=O)c2cscn2)c1. The van der Waals surface area contributed by atoms with Crippen molar-refractivity contribution in [2.45, 2.75) is 13.3 Å². The second-order valence-corrected chi connectivity index (χ2v) is 4.25. The van der Waals surface area contributed by atoms with E-state index < -0.39 is 0 Å². The Bertz CT molecular complexity index is 523. The summed E-state index contributed by atoms with van der Waals surface area (Å²) in [5, 5.41) is 13.9. The maximum atomic E-state index is 11.7. The summed E-state index contributed by atoms with van der Waals surface area (Å²) in [6, 6.07) is 5.17. The summed E-state index contributed by atoms with van der Waals surface area (Å²) in [6.07, 6.45) is 0.847. The Balaban J connectivity index is 2.21. The van der Waals surface area contributed by atoms with E-state index in [-0.39, 0.29) is 11.7 Å². The van der Waals surface area contributed by atoms with Crippen molar-refractivity contribution >= 4 is 22.9 Å². The monoisotopic (exact) mass is 248 g/mol. The van der Waals surface area contributed by atoms with Gasteiger partial charge >= 0.3 is 0 Å². The second-order valence-electron chi connectivity index (χ2n) is 3.53. The van der Waals surface area contributed by atoms with Crippen molar-refractivity contribution in [1.29, 1.82) is 0 Å². The normalized spacial score (nSPS) is 10.2. The Labute approximate surface area is 103 Å². The van der Waals surface area contributed by atoms with Gasteiger partial charge in [-0.25, -0.2) is 4.98 Å². The van der Waals surface area contributed by atoms with Crippen LogP contribution in [0, 0.1) is 0 Å². The minimum absolute atomic E-state index is 0.0609. The van der Waals surface area contributed by atoms with Crippen LogP contribution in [-0.2, 0) is 6.42 Å². The third kappa shape index (κ3) is 2.62. The lowest BCUT2D eigenvalue weighted by molar-refractivity contribution is 0.102. The molecule has 0 aliphatic carbocycles. The number of carbonyl (C=O) groups excluding carboxylic acids is 1. The molecule has 1 amide bonds. The van der Waals surface area contributed by atoms with Gasteiger partial charge in [-0.3, -0.25) is 4.79 Å². The molecule has 0 unspecified atom stereocenters. The number of phenols is 1. The van der Waals surface area contributed by atoms with E-state index in [0.717, 1.165) is 12.0 Å². The molecular formula is C12H12N2O2S. The smallest absolute Gasteiger partial charge is 0.275 e. The molecule has 0 saturated carbocycles. The quantitative estimate of drug-likeness (QED) is 0.821. The molecule has 2 rings (SSSR count). The minimum Gasteiger partial charge on any atom is -0.506 e. The summed E-state index contributed by atoms with van der Waals surface area (Å²) >= 11 is 1.36. The van der Waals surface area contributed by atoms with E-state index in [9.17, 15) is 9.90 Å². The van der Waals surface area contributed by atoms with Gasteiger partial charge in [-0.05, 0) is 24.1 Å². The van der Waals surface area contributed by atoms with Crippen LogP contribution in [0.15, 0.2) is 29.1 Å². The van der Waals surface area contributed by atoms with Crippen LogP contribution in [0.25, 0.3) is 0 Å². The van der Waals surface area contributed by atoms with Crippen molar-refractivity contribution in [3.8, 4) is 5.75 Å². The van der Waals surface area contributed by atoms with Crippen LogP contribution in [-0.4, -0.2) is 16.0 Å². The highest BCUT2D eigenvalue weighted by atomic mass is 32.1. The third-order valence-electron chi connectivity index (χ3n) is 2.38. The Morgan fingerprint density at radius 3 is 3.00 bits per heavy atom. The minimum atomic E-state index is -0.310. The molecular weight excluding hydrogens is 236 g/mol. The lowest BCUT2D eigenvalue weighted by atomic mass is 10.1. The number of benzene rings is 1. The number of thiazole rings is 1. The van der Waals surface area contributed by atoms with Gasteiger partial charge in [0.1, 0.15) is 11.4 Å². The molecule has 88 valence electrons. The van der Waals surface area contributed by atoms with Gasteiger partial charge in [0.25, 0.3) is 5.91 Å². The van der Waals surface area contributed by atoms with Gasteiger partial charge in [-0.1, -0.05) is 13.0 Å². The highest BCUT2D eigenvalue weighted by Gasteiger charge is 2.10. The maximum absolute atomic E-state index is 11.7. The van der Waals surface area contributed by atoms with E-state index in [1.165, 1.54) is 11.3 Å². The lowest BCUT2D eigenvalue weighted by Crippen LogP contribution is -2.12. The highest BCUT2D eigenvalue weighted by molar-refractivity contribution is 7.07. The third-order valence-corrected chi connectivity index (χ3v) is 2.97. The first-order chi connectivity index (χ1) is 8.20. The topological polar surface area (TPSA) is 62.2 Å². The maximum Gasteiger partial charge on any atom is 0.275 e. The molecule has 0 spiro atoms. The van der Waals surface area contributed by atoms with Crippen molar-refractivity contribution in [3.05, 3.63) is 40.3 Å². The molecule has 1 aromatic heterocycles. The van der Waals surface area contributed by atoms with Crippen molar-refractivity contribution < 1.29 is 9.90 Å². The van der Waals surface area contributed by atoms with Crippen LogP contribution in [0.4, 0.5) is 5.69 Å². The summed E-state index contributed by atoms with van der Waals surface area (Å²) in [4.78, 5) is 15.7. The lowest BCUT2D eigenvalue weighted by Gasteiger charge is -2.07.